The van der Waals surface area contributed by atoms with Crippen LogP contribution in [0.4, 0.5) is 5.69 Å². The average molecular weight is 382 g/mol. The molecule has 1 N–H and O–H groups in total. The van der Waals surface area contributed by atoms with E-state index in [9.17, 15) is 4.79 Å². The van der Waals surface area contributed by atoms with Crippen LogP contribution in [0.2, 0.25) is 0 Å². The van der Waals surface area contributed by atoms with Gasteiger partial charge in [-0.25, -0.2) is 0 Å². The number of anilines is 1. The molecule has 3 rings (SSSR count). The van der Waals surface area contributed by atoms with Gasteiger partial charge in [0.1, 0.15) is 0 Å². The number of para-hydroxylation sites is 1. The Morgan fingerprint density at radius 1 is 0.840 bits per heavy atom. The first-order chi connectivity index (χ1) is 11.3. The van der Waals surface area contributed by atoms with Gasteiger partial charge in [-0.3, -0.25) is 9.69 Å². The van der Waals surface area contributed by atoms with E-state index in [1.165, 1.54) is 5.56 Å². The SMILES string of the molecule is Cl.Cl.O=C(CNc1ccccc1)N1CCN(Cc2ccccc2)CC1. The summed E-state index contributed by atoms with van der Waals surface area (Å²) in [5.74, 6) is 0.174. The number of benzene rings is 2. The Labute approximate surface area is 162 Å². The van der Waals surface area contributed by atoms with Crippen LogP contribution in [-0.2, 0) is 11.3 Å². The number of nitrogens with one attached hydrogen (secondary N) is 1. The number of carbonyl (C=O) groups is 1. The van der Waals surface area contributed by atoms with Crippen LogP contribution in [0.25, 0.3) is 0 Å². The number of piperazine rings is 1. The summed E-state index contributed by atoms with van der Waals surface area (Å²) >= 11 is 0. The maximum atomic E-state index is 12.3. The number of rotatable bonds is 5. The van der Waals surface area contributed by atoms with Crippen molar-refractivity contribution < 1.29 is 4.79 Å². The first-order valence-electron chi connectivity index (χ1n) is 8.14. The number of halogens is 2. The molecule has 25 heavy (non-hydrogen) atoms. The van der Waals surface area contributed by atoms with Crippen LogP contribution >= 0.6 is 24.8 Å². The van der Waals surface area contributed by atoms with E-state index in [1.54, 1.807) is 0 Å². The quantitative estimate of drug-likeness (QED) is 0.862. The molecule has 0 aromatic heterocycles. The van der Waals surface area contributed by atoms with Crippen LogP contribution in [0.1, 0.15) is 5.56 Å². The van der Waals surface area contributed by atoms with Crippen molar-refractivity contribution in [2.75, 3.05) is 38.0 Å². The molecule has 6 heteroatoms. The van der Waals surface area contributed by atoms with E-state index in [0.29, 0.717) is 6.54 Å². The van der Waals surface area contributed by atoms with Gasteiger partial charge in [-0.05, 0) is 17.7 Å². The van der Waals surface area contributed by atoms with Crippen molar-refractivity contribution in [1.29, 1.82) is 0 Å². The highest BCUT2D eigenvalue weighted by atomic mass is 35.5. The number of amides is 1. The number of hydrogen-bond donors (Lipinski definition) is 1. The molecule has 1 amide bonds. The molecule has 136 valence electrons. The Kier molecular flexibility index (Phi) is 9.35. The van der Waals surface area contributed by atoms with E-state index >= 15 is 0 Å². The monoisotopic (exact) mass is 381 g/mol. The van der Waals surface area contributed by atoms with E-state index in [1.807, 2.05) is 41.3 Å². The topological polar surface area (TPSA) is 35.6 Å². The van der Waals surface area contributed by atoms with Crippen LogP contribution in [0.3, 0.4) is 0 Å². The zero-order valence-corrected chi connectivity index (χ0v) is 15.8. The molecule has 0 unspecified atom stereocenters. The van der Waals surface area contributed by atoms with Gasteiger partial charge in [0.25, 0.3) is 0 Å². The molecule has 0 bridgehead atoms. The zero-order valence-electron chi connectivity index (χ0n) is 14.1. The lowest BCUT2D eigenvalue weighted by Gasteiger charge is -2.34. The lowest BCUT2D eigenvalue weighted by Crippen LogP contribution is -2.49. The van der Waals surface area contributed by atoms with Gasteiger partial charge >= 0.3 is 0 Å². The fourth-order valence-corrected chi connectivity index (χ4v) is 2.84. The van der Waals surface area contributed by atoms with E-state index in [2.05, 4.69) is 34.5 Å². The van der Waals surface area contributed by atoms with Crippen molar-refractivity contribution in [3.63, 3.8) is 0 Å². The van der Waals surface area contributed by atoms with Crippen LogP contribution in [0, 0.1) is 0 Å². The zero-order chi connectivity index (χ0) is 15.9. The van der Waals surface area contributed by atoms with Crippen molar-refractivity contribution in [3.8, 4) is 0 Å². The van der Waals surface area contributed by atoms with Gasteiger partial charge in [-0.1, -0.05) is 48.5 Å². The van der Waals surface area contributed by atoms with Crippen molar-refractivity contribution >= 4 is 36.4 Å². The third kappa shape index (κ3) is 6.58. The number of hydrogen-bond acceptors (Lipinski definition) is 3. The van der Waals surface area contributed by atoms with Gasteiger partial charge < -0.3 is 10.2 Å². The van der Waals surface area contributed by atoms with E-state index < -0.39 is 0 Å². The maximum Gasteiger partial charge on any atom is 0.241 e. The predicted molar refractivity (Wildman–Crippen MR) is 108 cm³/mol. The Morgan fingerprint density at radius 3 is 2.00 bits per heavy atom. The molecular formula is C19H25Cl2N3O. The van der Waals surface area contributed by atoms with Crippen molar-refractivity contribution in [2.45, 2.75) is 6.54 Å². The van der Waals surface area contributed by atoms with Crippen LogP contribution < -0.4 is 5.32 Å². The van der Waals surface area contributed by atoms with Gasteiger partial charge in [-0.2, -0.15) is 0 Å². The van der Waals surface area contributed by atoms with Gasteiger partial charge in [0.15, 0.2) is 0 Å². The lowest BCUT2D eigenvalue weighted by molar-refractivity contribution is -0.131. The highest BCUT2D eigenvalue weighted by molar-refractivity contribution is 5.85. The predicted octanol–water partition coefficient (Wildman–Crippen LogP) is 3.29. The van der Waals surface area contributed by atoms with Gasteiger partial charge in [0.05, 0.1) is 6.54 Å². The Morgan fingerprint density at radius 2 is 1.40 bits per heavy atom. The summed E-state index contributed by atoms with van der Waals surface area (Å²) in [6.07, 6.45) is 0. The minimum Gasteiger partial charge on any atom is -0.376 e. The molecule has 1 aliphatic heterocycles. The summed E-state index contributed by atoms with van der Waals surface area (Å²) in [7, 11) is 0. The molecule has 4 nitrogen and oxygen atoms in total. The van der Waals surface area contributed by atoms with Crippen LogP contribution in [-0.4, -0.2) is 48.4 Å². The first kappa shape index (κ1) is 21.3. The van der Waals surface area contributed by atoms with Crippen molar-refractivity contribution in [1.82, 2.24) is 9.80 Å². The third-order valence-electron chi connectivity index (χ3n) is 4.19. The molecular weight excluding hydrogens is 357 g/mol. The largest absolute Gasteiger partial charge is 0.376 e. The molecule has 0 radical (unpaired) electrons. The van der Waals surface area contributed by atoms with E-state index in [0.717, 1.165) is 38.4 Å². The lowest BCUT2D eigenvalue weighted by atomic mass is 10.2. The first-order valence-corrected chi connectivity index (χ1v) is 8.14. The van der Waals surface area contributed by atoms with Gasteiger partial charge in [0, 0.05) is 38.4 Å². The average Bonchev–Trinajstić information content (AvgIpc) is 2.62. The summed E-state index contributed by atoms with van der Waals surface area (Å²) in [5, 5.41) is 3.19. The van der Waals surface area contributed by atoms with Crippen molar-refractivity contribution in [2.24, 2.45) is 0 Å². The molecule has 1 aliphatic rings. The molecule has 2 aromatic carbocycles. The van der Waals surface area contributed by atoms with E-state index in [-0.39, 0.29) is 30.7 Å². The minimum absolute atomic E-state index is 0. The maximum absolute atomic E-state index is 12.3. The normalized spacial score (nSPS) is 14.2. The summed E-state index contributed by atoms with van der Waals surface area (Å²) < 4.78 is 0. The second-order valence-electron chi connectivity index (χ2n) is 5.86. The minimum atomic E-state index is 0. The molecule has 0 spiro atoms. The summed E-state index contributed by atoms with van der Waals surface area (Å²) in [5.41, 5.74) is 2.32. The van der Waals surface area contributed by atoms with Crippen LogP contribution in [0.15, 0.2) is 60.7 Å². The molecule has 0 saturated carbocycles. The Bertz CT molecular complexity index is 617. The molecule has 2 aromatic rings. The molecule has 1 heterocycles. The van der Waals surface area contributed by atoms with E-state index in [4.69, 9.17) is 0 Å². The summed E-state index contributed by atoms with van der Waals surface area (Å²) in [6, 6.07) is 20.4. The summed E-state index contributed by atoms with van der Waals surface area (Å²) in [6.45, 7) is 4.82. The highest BCUT2D eigenvalue weighted by Gasteiger charge is 2.20. The second kappa shape index (κ2) is 11.0. The molecule has 1 fully saturated rings. The number of nitrogens with zero attached hydrogens (tertiary/aromatic N) is 2. The summed E-state index contributed by atoms with van der Waals surface area (Å²) in [4.78, 5) is 16.6. The molecule has 0 atom stereocenters. The smallest absolute Gasteiger partial charge is 0.241 e. The molecule has 0 aliphatic carbocycles. The van der Waals surface area contributed by atoms with Crippen molar-refractivity contribution in [3.05, 3.63) is 66.2 Å². The second-order valence-corrected chi connectivity index (χ2v) is 5.86. The molecule has 1 saturated heterocycles. The van der Waals surface area contributed by atoms with Gasteiger partial charge in [-0.15, -0.1) is 24.8 Å². The Hall–Kier alpha value is -1.75. The third-order valence-corrected chi connectivity index (χ3v) is 4.19. The Balaban J connectivity index is 0.00000156. The highest BCUT2D eigenvalue weighted by Crippen LogP contribution is 2.09. The fraction of sp³-hybridized carbons (Fsp3) is 0.316. The van der Waals surface area contributed by atoms with Crippen LogP contribution in [0.5, 0.6) is 0 Å². The number of carbonyl (C=O) groups excluding carboxylic acids is 1. The fourth-order valence-electron chi connectivity index (χ4n) is 2.84. The standard InChI is InChI=1S/C19H23N3O.2ClH/c23-19(15-20-18-9-5-2-6-10-18)22-13-11-21(12-14-22)16-17-7-3-1-4-8-17;;/h1-10,20H,11-16H2;2*1H. The van der Waals surface area contributed by atoms with Gasteiger partial charge in [0.2, 0.25) is 5.91 Å².